The highest BCUT2D eigenvalue weighted by atomic mass is 16.5. The van der Waals surface area contributed by atoms with Crippen molar-refractivity contribution in [3.8, 4) is 0 Å². The van der Waals surface area contributed by atoms with Crippen LogP contribution in [0.2, 0.25) is 0 Å². The van der Waals surface area contributed by atoms with E-state index in [2.05, 4.69) is 19.2 Å². The number of amides is 3. The summed E-state index contributed by atoms with van der Waals surface area (Å²) in [5.41, 5.74) is 6.14. The van der Waals surface area contributed by atoms with Crippen molar-refractivity contribution in [1.29, 1.82) is 0 Å². The molecule has 3 amide bonds. The van der Waals surface area contributed by atoms with Crippen molar-refractivity contribution in [2.24, 2.45) is 11.7 Å². The molecule has 1 atom stereocenters. The fourth-order valence-electron chi connectivity index (χ4n) is 2.43. The third-order valence-electron chi connectivity index (χ3n) is 3.47. The molecule has 1 aliphatic rings. The zero-order valence-corrected chi connectivity index (χ0v) is 13.0. The number of likely N-dealkylation sites (tertiary alicyclic amines) is 1. The minimum Gasteiger partial charge on any atom is -0.376 e. The summed E-state index contributed by atoms with van der Waals surface area (Å²) in [5, 5.41) is 2.48. The van der Waals surface area contributed by atoms with Gasteiger partial charge in [-0.3, -0.25) is 4.79 Å². The van der Waals surface area contributed by atoms with Gasteiger partial charge in [0.25, 0.3) is 5.91 Å². The van der Waals surface area contributed by atoms with Gasteiger partial charge in [-0.1, -0.05) is 19.9 Å². The van der Waals surface area contributed by atoms with Crippen molar-refractivity contribution in [3.05, 3.63) is 29.8 Å². The minimum absolute atomic E-state index is 0.0521. The first-order chi connectivity index (χ1) is 10.5. The highest BCUT2D eigenvalue weighted by Crippen LogP contribution is 2.18. The summed E-state index contributed by atoms with van der Waals surface area (Å²) in [6.07, 6.45) is 0.968. The topological polar surface area (TPSA) is 84.7 Å². The number of carbonyl (C=O) groups is 2. The molecule has 1 aliphatic heterocycles. The molecule has 0 aromatic heterocycles. The number of ether oxygens (including phenoxy) is 1. The van der Waals surface area contributed by atoms with Gasteiger partial charge in [0.1, 0.15) is 0 Å². The number of nitrogens with one attached hydrogen (secondary N) is 1. The molecule has 0 aliphatic carbocycles. The third kappa shape index (κ3) is 4.46. The highest BCUT2D eigenvalue weighted by Gasteiger charge is 2.27. The maximum Gasteiger partial charge on any atom is 0.316 e. The van der Waals surface area contributed by atoms with Crippen LogP contribution in [0.3, 0.4) is 0 Å². The Morgan fingerprint density at radius 1 is 1.45 bits per heavy atom. The molecular weight excluding hydrogens is 282 g/mol. The highest BCUT2D eigenvalue weighted by molar-refractivity contribution is 5.96. The molecule has 1 aromatic rings. The summed E-state index contributed by atoms with van der Waals surface area (Å²) < 4.78 is 5.79. The van der Waals surface area contributed by atoms with E-state index in [9.17, 15) is 9.59 Å². The van der Waals surface area contributed by atoms with Crippen LogP contribution >= 0.6 is 0 Å². The molecule has 1 heterocycles. The van der Waals surface area contributed by atoms with E-state index in [1.165, 1.54) is 0 Å². The molecule has 0 bridgehead atoms. The smallest absolute Gasteiger partial charge is 0.316 e. The standard InChI is InChI=1S/C16H23N3O3/c1-11(2)10-22-14-6-7-19(9-14)15(20)12-4-3-5-13(8-12)18-16(17)21/h3-5,8,11,14H,6-7,9-10H2,1-2H3,(H3,17,18,21). The minimum atomic E-state index is -0.645. The second kappa shape index (κ2) is 7.26. The largest absolute Gasteiger partial charge is 0.376 e. The summed E-state index contributed by atoms with van der Waals surface area (Å²) in [7, 11) is 0. The average Bonchev–Trinajstić information content (AvgIpc) is 2.92. The molecular formula is C16H23N3O3. The molecule has 120 valence electrons. The molecule has 1 unspecified atom stereocenters. The van der Waals surface area contributed by atoms with E-state index in [1.807, 2.05) is 0 Å². The van der Waals surface area contributed by atoms with Crippen LogP contribution in [0, 0.1) is 5.92 Å². The van der Waals surface area contributed by atoms with Gasteiger partial charge in [-0.15, -0.1) is 0 Å². The number of urea groups is 1. The molecule has 1 fully saturated rings. The van der Waals surface area contributed by atoms with Gasteiger partial charge in [0.05, 0.1) is 6.10 Å². The van der Waals surface area contributed by atoms with Gasteiger partial charge < -0.3 is 20.7 Å². The van der Waals surface area contributed by atoms with Crippen LogP contribution < -0.4 is 11.1 Å². The van der Waals surface area contributed by atoms with Gasteiger partial charge in [-0.05, 0) is 30.5 Å². The van der Waals surface area contributed by atoms with Crippen LogP contribution in [-0.4, -0.2) is 42.6 Å². The van der Waals surface area contributed by atoms with Crippen LogP contribution in [0.15, 0.2) is 24.3 Å². The number of hydrogen-bond donors (Lipinski definition) is 2. The normalized spacial score (nSPS) is 17.8. The number of hydrogen-bond acceptors (Lipinski definition) is 3. The summed E-state index contributed by atoms with van der Waals surface area (Å²) in [6, 6.07) is 6.14. The lowest BCUT2D eigenvalue weighted by Gasteiger charge is -2.18. The fourth-order valence-corrected chi connectivity index (χ4v) is 2.43. The van der Waals surface area contributed by atoms with Crippen LogP contribution in [0.5, 0.6) is 0 Å². The van der Waals surface area contributed by atoms with Crippen molar-refractivity contribution in [2.75, 3.05) is 25.0 Å². The Hall–Kier alpha value is -2.08. The maximum absolute atomic E-state index is 12.5. The second-order valence-corrected chi connectivity index (χ2v) is 5.96. The molecule has 0 saturated carbocycles. The Morgan fingerprint density at radius 3 is 2.91 bits per heavy atom. The van der Waals surface area contributed by atoms with E-state index in [1.54, 1.807) is 29.2 Å². The lowest BCUT2D eigenvalue weighted by molar-refractivity contribution is 0.0396. The lowest BCUT2D eigenvalue weighted by atomic mass is 10.2. The van der Waals surface area contributed by atoms with Crippen molar-refractivity contribution < 1.29 is 14.3 Å². The van der Waals surface area contributed by atoms with Gasteiger partial charge in [-0.2, -0.15) is 0 Å². The van der Waals surface area contributed by atoms with Gasteiger partial charge >= 0.3 is 6.03 Å². The summed E-state index contributed by atoms with van der Waals surface area (Å²) in [4.78, 5) is 25.2. The molecule has 1 aromatic carbocycles. The van der Waals surface area contributed by atoms with E-state index in [0.29, 0.717) is 36.9 Å². The first kappa shape index (κ1) is 16.3. The van der Waals surface area contributed by atoms with Crippen LogP contribution in [0.1, 0.15) is 30.6 Å². The number of nitrogens with two attached hydrogens (primary N) is 1. The lowest BCUT2D eigenvalue weighted by Crippen LogP contribution is -2.30. The third-order valence-corrected chi connectivity index (χ3v) is 3.47. The van der Waals surface area contributed by atoms with Crippen molar-refractivity contribution in [1.82, 2.24) is 4.90 Å². The maximum atomic E-state index is 12.5. The van der Waals surface area contributed by atoms with E-state index in [0.717, 1.165) is 6.42 Å². The Labute approximate surface area is 130 Å². The van der Waals surface area contributed by atoms with Gasteiger partial charge in [0, 0.05) is 30.9 Å². The molecule has 1 saturated heterocycles. The Kier molecular flexibility index (Phi) is 5.38. The molecule has 3 N–H and O–H groups in total. The van der Waals surface area contributed by atoms with Gasteiger partial charge in [0.15, 0.2) is 0 Å². The quantitative estimate of drug-likeness (QED) is 0.873. The Balaban J connectivity index is 1.96. The average molecular weight is 305 g/mol. The first-order valence-corrected chi connectivity index (χ1v) is 7.53. The predicted octanol–water partition coefficient (Wildman–Crippen LogP) is 2.06. The van der Waals surface area contributed by atoms with E-state index < -0.39 is 6.03 Å². The van der Waals surface area contributed by atoms with E-state index in [-0.39, 0.29) is 12.0 Å². The van der Waals surface area contributed by atoms with Gasteiger partial charge in [0.2, 0.25) is 0 Å². The van der Waals surface area contributed by atoms with Crippen LogP contribution in [0.25, 0.3) is 0 Å². The van der Waals surface area contributed by atoms with Crippen molar-refractivity contribution in [3.63, 3.8) is 0 Å². The SMILES string of the molecule is CC(C)COC1CCN(C(=O)c2cccc(NC(N)=O)c2)C1. The van der Waals surface area contributed by atoms with Crippen molar-refractivity contribution in [2.45, 2.75) is 26.4 Å². The summed E-state index contributed by atoms with van der Waals surface area (Å²) in [5.74, 6) is 0.435. The fraction of sp³-hybridized carbons (Fsp3) is 0.500. The monoisotopic (exact) mass is 305 g/mol. The van der Waals surface area contributed by atoms with E-state index >= 15 is 0 Å². The number of benzene rings is 1. The molecule has 6 heteroatoms. The second-order valence-electron chi connectivity index (χ2n) is 5.96. The first-order valence-electron chi connectivity index (χ1n) is 7.53. The predicted molar refractivity (Wildman–Crippen MR) is 84.7 cm³/mol. The molecule has 22 heavy (non-hydrogen) atoms. The summed E-state index contributed by atoms with van der Waals surface area (Å²) >= 11 is 0. The van der Waals surface area contributed by atoms with Crippen molar-refractivity contribution >= 4 is 17.6 Å². The zero-order valence-electron chi connectivity index (χ0n) is 13.0. The number of nitrogens with zero attached hydrogens (tertiary/aromatic N) is 1. The van der Waals surface area contributed by atoms with Crippen LogP contribution in [-0.2, 0) is 4.74 Å². The number of anilines is 1. The Bertz CT molecular complexity index is 545. The molecule has 6 nitrogen and oxygen atoms in total. The van der Waals surface area contributed by atoms with Crippen LogP contribution in [0.4, 0.5) is 10.5 Å². The molecule has 0 radical (unpaired) electrons. The van der Waals surface area contributed by atoms with Gasteiger partial charge in [-0.25, -0.2) is 4.79 Å². The molecule has 2 rings (SSSR count). The number of primary amides is 1. The zero-order chi connectivity index (χ0) is 16.1. The van der Waals surface area contributed by atoms with E-state index in [4.69, 9.17) is 10.5 Å². The molecule has 0 spiro atoms. The summed E-state index contributed by atoms with van der Waals surface area (Å²) in [6.45, 7) is 6.23. The Morgan fingerprint density at radius 2 is 2.23 bits per heavy atom. The number of rotatable bonds is 5. The number of carbonyl (C=O) groups excluding carboxylic acids is 2.